The van der Waals surface area contributed by atoms with Crippen LogP contribution in [0.4, 0.5) is 10.5 Å². The van der Waals surface area contributed by atoms with E-state index in [2.05, 4.69) is 39.2 Å². The van der Waals surface area contributed by atoms with Crippen molar-refractivity contribution in [1.82, 2.24) is 4.90 Å². The largest absolute Gasteiger partial charge is 0.465 e. The predicted octanol–water partition coefficient (Wildman–Crippen LogP) is 9.86. The van der Waals surface area contributed by atoms with Crippen LogP contribution in [0.25, 0.3) is 11.1 Å². The number of halogens is 2. The van der Waals surface area contributed by atoms with Crippen LogP contribution < -0.4 is 5.32 Å². The van der Waals surface area contributed by atoms with Gasteiger partial charge in [0.1, 0.15) is 5.60 Å². The van der Waals surface area contributed by atoms with Crippen LogP contribution in [0, 0.1) is 0 Å². The second-order valence-electron chi connectivity index (χ2n) is 13.6. The van der Waals surface area contributed by atoms with E-state index in [9.17, 15) is 9.59 Å². The van der Waals surface area contributed by atoms with Gasteiger partial charge in [0.25, 0.3) is 0 Å². The summed E-state index contributed by atoms with van der Waals surface area (Å²) in [6.07, 6.45) is -0.908. The molecule has 3 aromatic carbocycles. The summed E-state index contributed by atoms with van der Waals surface area (Å²) in [6.45, 7) is 17.5. The zero-order chi connectivity index (χ0) is 33.6. The van der Waals surface area contributed by atoms with Crippen molar-refractivity contribution >= 4 is 49.3 Å². The molecule has 0 saturated carbocycles. The first-order valence-corrected chi connectivity index (χ1v) is 18.7. The summed E-state index contributed by atoms with van der Waals surface area (Å²) in [5.74, 6) is -0.385. The number of nitrogens with zero attached hydrogens (tertiary/aromatic N) is 1. The van der Waals surface area contributed by atoms with Gasteiger partial charge in [0.2, 0.25) is 0 Å². The molecule has 1 unspecified atom stereocenters. The van der Waals surface area contributed by atoms with Crippen LogP contribution in [0.3, 0.4) is 0 Å². The van der Waals surface area contributed by atoms with E-state index in [4.69, 9.17) is 37.1 Å². The Labute approximate surface area is 279 Å². The molecule has 0 aliphatic carbocycles. The number of anilines is 1. The predicted molar refractivity (Wildman–Crippen MR) is 187 cm³/mol. The van der Waals surface area contributed by atoms with Crippen LogP contribution in [-0.4, -0.2) is 57.6 Å². The lowest BCUT2D eigenvalue weighted by Gasteiger charge is -2.41. The number of nitrogens with one attached hydrogen (secondary N) is 1. The lowest BCUT2D eigenvalue weighted by atomic mass is 10.0. The molecule has 0 aliphatic heterocycles. The fraction of sp³-hybridized carbons (Fsp3) is 0.429. The van der Waals surface area contributed by atoms with Gasteiger partial charge in [-0.2, -0.15) is 0 Å². The summed E-state index contributed by atoms with van der Waals surface area (Å²) in [4.78, 5) is 27.3. The fourth-order valence-corrected chi connectivity index (χ4v) is 6.19. The van der Waals surface area contributed by atoms with Crippen LogP contribution >= 0.6 is 23.2 Å². The number of hydrogen-bond donors (Lipinski definition) is 1. The van der Waals surface area contributed by atoms with Crippen molar-refractivity contribution in [2.24, 2.45) is 0 Å². The molecule has 1 N–H and O–H groups in total. The Morgan fingerprint density at radius 1 is 0.889 bits per heavy atom. The lowest BCUT2D eigenvalue weighted by Crippen LogP contribution is -2.46. The quantitative estimate of drug-likeness (QED) is 0.161. The van der Waals surface area contributed by atoms with Gasteiger partial charge in [-0.05, 0) is 98.1 Å². The third-order valence-electron chi connectivity index (χ3n) is 7.73. The molecule has 3 rings (SSSR count). The van der Waals surface area contributed by atoms with Gasteiger partial charge in [-0.15, -0.1) is 0 Å². The Kier molecular flexibility index (Phi) is 12.2. The number of amides is 1. The molecule has 0 heterocycles. The highest BCUT2D eigenvalue weighted by molar-refractivity contribution is 6.74. The standard InChI is InChI=1S/C35H46Cl2N2O5Si/c1-34(2,3)43-33(41)39(23-31(44-45(8,9)35(4,5)6)27-19-28(36)22-29(37)20-27)17-16-38-30-15-11-13-25(21-30)24-12-10-14-26(18-24)32(40)42-7/h10-15,18-22,31,38H,16-17,23H2,1-9H3. The number of benzene rings is 3. The number of rotatable bonds is 11. The van der Waals surface area contributed by atoms with Crippen molar-refractivity contribution in [3.63, 3.8) is 0 Å². The Hall–Kier alpha value is -3.04. The summed E-state index contributed by atoms with van der Waals surface area (Å²) in [5.41, 5.74) is 3.32. The molecular weight excluding hydrogens is 627 g/mol. The molecular formula is C35H46Cl2N2O5Si. The number of carbonyl (C=O) groups excluding carboxylic acids is 2. The highest BCUT2D eigenvalue weighted by atomic mass is 35.5. The van der Waals surface area contributed by atoms with E-state index in [1.807, 2.05) is 69.3 Å². The summed E-state index contributed by atoms with van der Waals surface area (Å²) in [6, 6.07) is 20.6. The number of methoxy groups -OCH3 is 1. The maximum Gasteiger partial charge on any atom is 0.410 e. The fourth-order valence-electron chi connectivity index (χ4n) is 4.38. The molecule has 0 spiro atoms. The molecule has 10 heteroatoms. The Bertz CT molecular complexity index is 1460. The maximum absolute atomic E-state index is 13.6. The van der Waals surface area contributed by atoms with E-state index >= 15 is 0 Å². The average molecular weight is 674 g/mol. The Morgan fingerprint density at radius 3 is 2.07 bits per heavy atom. The van der Waals surface area contributed by atoms with E-state index < -0.39 is 26.1 Å². The SMILES string of the molecule is COC(=O)c1cccc(-c2cccc(NCCN(CC(O[Si](C)(C)C(C)(C)C)c3cc(Cl)cc(Cl)c3)C(=O)OC(C)(C)C)c2)c1. The summed E-state index contributed by atoms with van der Waals surface area (Å²) < 4.78 is 17.6. The van der Waals surface area contributed by atoms with Crippen LogP contribution in [0.1, 0.15) is 63.6 Å². The second kappa shape index (κ2) is 15.0. The Morgan fingerprint density at radius 2 is 1.49 bits per heavy atom. The van der Waals surface area contributed by atoms with Crippen molar-refractivity contribution < 1.29 is 23.5 Å². The topological polar surface area (TPSA) is 77.1 Å². The van der Waals surface area contributed by atoms with Crippen molar-refractivity contribution in [2.45, 2.75) is 71.4 Å². The highest BCUT2D eigenvalue weighted by Gasteiger charge is 2.40. The lowest BCUT2D eigenvalue weighted by molar-refractivity contribution is 0.0165. The molecule has 0 radical (unpaired) electrons. The molecule has 1 amide bonds. The van der Waals surface area contributed by atoms with Crippen LogP contribution in [0.2, 0.25) is 28.2 Å². The van der Waals surface area contributed by atoms with Crippen molar-refractivity contribution in [1.29, 1.82) is 0 Å². The van der Waals surface area contributed by atoms with Gasteiger partial charge < -0.3 is 24.1 Å². The summed E-state index contributed by atoms with van der Waals surface area (Å²) in [7, 11) is -0.913. The minimum absolute atomic E-state index is 0.0622. The minimum Gasteiger partial charge on any atom is -0.465 e. The van der Waals surface area contributed by atoms with Gasteiger partial charge in [-0.25, -0.2) is 9.59 Å². The van der Waals surface area contributed by atoms with Gasteiger partial charge in [0.05, 0.1) is 25.3 Å². The molecule has 244 valence electrons. The number of esters is 1. The summed E-state index contributed by atoms with van der Waals surface area (Å²) in [5, 5.41) is 4.38. The molecule has 7 nitrogen and oxygen atoms in total. The van der Waals surface area contributed by atoms with Gasteiger partial charge in [0.15, 0.2) is 8.32 Å². The van der Waals surface area contributed by atoms with Crippen LogP contribution in [0.15, 0.2) is 66.7 Å². The Balaban J connectivity index is 1.86. The molecule has 1 atom stereocenters. The minimum atomic E-state index is -2.28. The molecule has 0 aliphatic rings. The molecule has 0 aromatic heterocycles. The zero-order valence-corrected chi connectivity index (χ0v) is 30.3. The zero-order valence-electron chi connectivity index (χ0n) is 27.8. The smallest absolute Gasteiger partial charge is 0.410 e. The molecule has 0 bridgehead atoms. The van der Waals surface area contributed by atoms with E-state index in [1.54, 1.807) is 23.1 Å². The number of hydrogen-bond acceptors (Lipinski definition) is 6. The number of ether oxygens (including phenoxy) is 2. The van der Waals surface area contributed by atoms with Crippen molar-refractivity contribution in [2.75, 3.05) is 32.1 Å². The molecule has 0 fully saturated rings. The first-order valence-electron chi connectivity index (χ1n) is 15.0. The second-order valence-corrected chi connectivity index (χ2v) is 19.2. The highest BCUT2D eigenvalue weighted by Crippen LogP contribution is 2.40. The van der Waals surface area contributed by atoms with Gasteiger partial charge >= 0.3 is 12.1 Å². The van der Waals surface area contributed by atoms with Gasteiger partial charge in [-0.3, -0.25) is 0 Å². The van der Waals surface area contributed by atoms with E-state index in [0.717, 1.165) is 22.4 Å². The maximum atomic E-state index is 13.6. The first kappa shape index (κ1) is 36.4. The molecule has 3 aromatic rings. The molecule has 0 saturated heterocycles. The average Bonchev–Trinajstić information content (AvgIpc) is 2.93. The third kappa shape index (κ3) is 10.8. The molecule has 45 heavy (non-hydrogen) atoms. The van der Waals surface area contributed by atoms with Crippen LogP contribution in [-0.2, 0) is 13.9 Å². The van der Waals surface area contributed by atoms with Gasteiger partial charge in [-0.1, -0.05) is 68.2 Å². The third-order valence-corrected chi connectivity index (χ3v) is 12.7. The van der Waals surface area contributed by atoms with E-state index in [-0.39, 0.29) is 17.6 Å². The van der Waals surface area contributed by atoms with Crippen LogP contribution in [0.5, 0.6) is 0 Å². The van der Waals surface area contributed by atoms with Crippen molar-refractivity contribution in [3.05, 3.63) is 87.9 Å². The summed E-state index contributed by atoms with van der Waals surface area (Å²) >= 11 is 12.8. The van der Waals surface area contributed by atoms with E-state index in [0.29, 0.717) is 28.7 Å². The first-order chi connectivity index (χ1) is 20.9. The monoisotopic (exact) mass is 672 g/mol. The van der Waals surface area contributed by atoms with Gasteiger partial charge in [0, 0.05) is 28.8 Å². The van der Waals surface area contributed by atoms with E-state index in [1.165, 1.54) is 7.11 Å². The normalized spacial score (nSPS) is 12.8. The number of carbonyl (C=O) groups is 2. The van der Waals surface area contributed by atoms with Crippen molar-refractivity contribution in [3.8, 4) is 11.1 Å².